The second kappa shape index (κ2) is 8.70. The first-order chi connectivity index (χ1) is 14.4. The zero-order valence-electron chi connectivity index (χ0n) is 16.5. The second-order valence-electron chi connectivity index (χ2n) is 6.99. The number of aromatic nitrogens is 4. The third-order valence-corrected chi connectivity index (χ3v) is 7.84. The lowest BCUT2D eigenvalue weighted by molar-refractivity contribution is -0.129. The molecule has 0 radical (unpaired) electrons. The van der Waals surface area contributed by atoms with Crippen molar-refractivity contribution in [1.82, 2.24) is 29.0 Å². The summed E-state index contributed by atoms with van der Waals surface area (Å²) in [6.45, 7) is 1.40. The summed E-state index contributed by atoms with van der Waals surface area (Å²) >= 11 is 1.35. The van der Waals surface area contributed by atoms with E-state index in [0.29, 0.717) is 31.2 Å². The van der Waals surface area contributed by atoms with E-state index >= 15 is 0 Å². The van der Waals surface area contributed by atoms with E-state index in [-0.39, 0.29) is 17.4 Å². The molecule has 0 aliphatic carbocycles. The van der Waals surface area contributed by atoms with E-state index in [0.717, 1.165) is 16.6 Å². The van der Waals surface area contributed by atoms with E-state index in [1.807, 2.05) is 18.2 Å². The molecule has 3 heterocycles. The Hall–Kier alpha value is -2.50. The van der Waals surface area contributed by atoms with Crippen molar-refractivity contribution >= 4 is 38.7 Å². The van der Waals surface area contributed by atoms with Crippen LogP contribution in [-0.4, -0.2) is 75.2 Å². The number of carbonyl (C=O) groups is 1. The number of aryl methyl sites for hydroxylation is 1. The van der Waals surface area contributed by atoms with Gasteiger partial charge < -0.3 is 4.90 Å². The maximum atomic E-state index is 12.7. The van der Waals surface area contributed by atoms with Gasteiger partial charge in [0.1, 0.15) is 11.4 Å². The number of rotatable bonds is 6. The van der Waals surface area contributed by atoms with Crippen molar-refractivity contribution in [3.8, 4) is 0 Å². The number of nitrogens with zero attached hydrogens (tertiary/aromatic N) is 6. The molecule has 1 saturated heterocycles. The Labute approximate surface area is 179 Å². The van der Waals surface area contributed by atoms with Crippen LogP contribution >= 0.6 is 11.8 Å². The molecule has 3 aromatic rings. The number of piperazine rings is 1. The fraction of sp³-hybridized carbons (Fsp3) is 0.368. The van der Waals surface area contributed by atoms with E-state index in [1.165, 1.54) is 22.4 Å². The Bertz CT molecular complexity index is 1140. The highest BCUT2D eigenvalue weighted by Gasteiger charge is 2.29. The molecule has 1 amide bonds. The van der Waals surface area contributed by atoms with E-state index < -0.39 is 10.0 Å². The largest absolute Gasteiger partial charge is 0.339 e. The quantitative estimate of drug-likeness (QED) is 0.413. The molecule has 11 heteroatoms. The molecule has 1 aliphatic heterocycles. The summed E-state index contributed by atoms with van der Waals surface area (Å²) in [4.78, 5) is 22.8. The van der Waals surface area contributed by atoms with E-state index in [4.69, 9.17) is 0 Å². The van der Waals surface area contributed by atoms with Gasteiger partial charge in [0.15, 0.2) is 5.65 Å². The van der Waals surface area contributed by atoms with Gasteiger partial charge in [0.2, 0.25) is 15.9 Å². The normalized spacial score (nSPS) is 15.6. The highest BCUT2D eigenvalue weighted by Crippen LogP contribution is 2.24. The summed E-state index contributed by atoms with van der Waals surface area (Å²) in [6.07, 6.45) is 3.16. The van der Waals surface area contributed by atoms with Crippen molar-refractivity contribution in [3.63, 3.8) is 0 Å². The SMILES string of the molecule is Cn1ncc2c(SCC(=O)N3CCN(S(=O)(=O)Cc4ccccc4)CC3)ncnc21. The van der Waals surface area contributed by atoms with Crippen LogP contribution in [0.2, 0.25) is 0 Å². The molecule has 9 nitrogen and oxygen atoms in total. The number of sulfonamides is 1. The summed E-state index contributed by atoms with van der Waals surface area (Å²) in [6, 6.07) is 9.13. The molecule has 1 fully saturated rings. The van der Waals surface area contributed by atoms with Crippen molar-refractivity contribution in [2.75, 3.05) is 31.9 Å². The lowest BCUT2D eigenvalue weighted by Gasteiger charge is -2.34. The van der Waals surface area contributed by atoms with Gasteiger partial charge in [-0.05, 0) is 5.56 Å². The summed E-state index contributed by atoms with van der Waals surface area (Å²) in [5, 5.41) is 5.71. The summed E-state index contributed by atoms with van der Waals surface area (Å²) in [5.74, 6) is 0.181. The number of hydrogen-bond donors (Lipinski definition) is 0. The minimum absolute atomic E-state index is 0.0214. The molecule has 4 rings (SSSR count). The zero-order chi connectivity index (χ0) is 21.1. The molecule has 0 bridgehead atoms. The van der Waals surface area contributed by atoms with Gasteiger partial charge in [0, 0.05) is 33.2 Å². The summed E-state index contributed by atoms with van der Waals surface area (Å²) in [7, 11) is -1.59. The van der Waals surface area contributed by atoms with Crippen molar-refractivity contribution in [1.29, 1.82) is 0 Å². The average molecular weight is 447 g/mol. The first-order valence-corrected chi connectivity index (χ1v) is 12.1. The Morgan fingerprint density at radius 1 is 1.10 bits per heavy atom. The number of hydrogen-bond acceptors (Lipinski definition) is 7. The van der Waals surface area contributed by atoms with Crippen molar-refractivity contribution in [2.45, 2.75) is 10.8 Å². The molecule has 158 valence electrons. The Balaban J connectivity index is 1.32. The number of fused-ring (bicyclic) bond motifs is 1. The molecule has 2 aromatic heterocycles. The topological polar surface area (TPSA) is 101 Å². The van der Waals surface area contributed by atoms with Crippen LogP contribution in [0.3, 0.4) is 0 Å². The first kappa shape index (κ1) is 20.8. The van der Waals surface area contributed by atoms with Crippen molar-refractivity contribution in [3.05, 3.63) is 48.4 Å². The van der Waals surface area contributed by atoms with E-state index in [1.54, 1.807) is 35.0 Å². The van der Waals surface area contributed by atoms with Gasteiger partial charge >= 0.3 is 0 Å². The van der Waals surface area contributed by atoms with Crippen molar-refractivity contribution in [2.24, 2.45) is 7.05 Å². The fourth-order valence-electron chi connectivity index (χ4n) is 3.37. The second-order valence-corrected chi connectivity index (χ2v) is 9.93. The molecular weight excluding hydrogens is 424 g/mol. The van der Waals surface area contributed by atoms with Crippen molar-refractivity contribution < 1.29 is 13.2 Å². The van der Waals surface area contributed by atoms with E-state index in [2.05, 4.69) is 15.1 Å². The smallest absolute Gasteiger partial charge is 0.233 e. The minimum Gasteiger partial charge on any atom is -0.339 e. The van der Waals surface area contributed by atoms with Crippen LogP contribution in [0.15, 0.2) is 47.9 Å². The lowest BCUT2D eigenvalue weighted by Crippen LogP contribution is -2.51. The number of thioether (sulfide) groups is 1. The highest BCUT2D eigenvalue weighted by atomic mass is 32.2. The minimum atomic E-state index is -3.40. The fourth-order valence-corrected chi connectivity index (χ4v) is 5.75. The van der Waals surface area contributed by atoms with Gasteiger partial charge in [0.05, 0.1) is 23.1 Å². The third-order valence-electron chi connectivity index (χ3n) is 5.00. The average Bonchev–Trinajstić information content (AvgIpc) is 3.14. The number of carbonyl (C=O) groups excluding carboxylic acids is 1. The molecule has 0 N–H and O–H groups in total. The summed E-state index contributed by atoms with van der Waals surface area (Å²) < 4.78 is 28.5. The molecule has 0 unspecified atom stereocenters. The van der Waals surface area contributed by atoms with E-state index in [9.17, 15) is 13.2 Å². The number of benzene rings is 1. The third kappa shape index (κ3) is 4.47. The van der Waals surface area contributed by atoms with Crippen LogP contribution < -0.4 is 0 Å². The van der Waals surface area contributed by atoms with Gasteiger partial charge in [-0.2, -0.15) is 9.40 Å². The molecular formula is C19H22N6O3S2. The van der Waals surface area contributed by atoms with Gasteiger partial charge in [-0.1, -0.05) is 42.1 Å². The maximum Gasteiger partial charge on any atom is 0.233 e. The molecule has 0 spiro atoms. The van der Waals surface area contributed by atoms with Crippen LogP contribution in [-0.2, 0) is 27.6 Å². The standard InChI is InChI=1S/C19H22N6O3S2/c1-23-18-16(11-22-23)19(21-14-20-18)29-12-17(26)24-7-9-25(10-8-24)30(27,28)13-15-5-3-2-4-6-15/h2-6,11,14H,7-10,12-13H2,1H3. The summed E-state index contributed by atoms with van der Waals surface area (Å²) in [5.41, 5.74) is 1.48. The van der Waals surface area contributed by atoms with Crippen LogP contribution in [0, 0.1) is 0 Å². The van der Waals surface area contributed by atoms with Crippen LogP contribution in [0.1, 0.15) is 5.56 Å². The Kier molecular flexibility index (Phi) is 6.02. The van der Waals surface area contributed by atoms with Gasteiger partial charge in [-0.3, -0.25) is 9.48 Å². The van der Waals surface area contributed by atoms with Gasteiger partial charge in [-0.25, -0.2) is 18.4 Å². The molecule has 0 saturated carbocycles. The van der Waals surface area contributed by atoms with Gasteiger partial charge in [0.25, 0.3) is 0 Å². The number of amides is 1. The molecule has 30 heavy (non-hydrogen) atoms. The molecule has 1 aliphatic rings. The van der Waals surface area contributed by atoms with Gasteiger partial charge in [-0.15, -0.1) is 0 Å². The monoisotopic (exact) mass is 446 g/mol. The highest BCUT2D eigenvalue weighted by molar-refractivity contribution is 8.00. The van der Waals surface area contributed by atoms with Crippen LogP contribution in [0.4, 0.5) is 0 Å². The van der Waals surface area contributed by atoms with Crippen LogP contribution in [0.5, 0.6) is 0 Å². The predicted molar refractivity (Wildman–Crippen MR) is 114 cm³/mol. The zero-order valence-corrected chi connectivity index (χ0v) is 18.1. The first-order valence-electron chi connectivity index (χ1n) is 9.49. The predicted octanol–water partition coefficient (Wildman–Crippen LogP) is 1.13. The lowest BCUT2D eigenvalue weighted by atomic mass is 10.2. The molecule has 0 atom stereocenters. The maximum absolute atomic E-state index is 12.7. The molecule has 1 aromatic carbocycles. The Morgan fingerprint density at radius 3 is 2.57 bits per heavy atom. The Morgan fingerprint density at radius 2 is 1.83 bits per heavy atom. The van der Waals surface area contributed by atoms with Crippen LogP contribution in [0.25, 0.3) is 11.0 Å².